The highest BCUT2D eigenvalue weighted by molar-refractivity contribution is 7.47. The minimum atomic E-state index is -4.97. The Morgan fingerprint density at radius 1 is 0.286 bits per heavy atom. The van der Waals surface area contributed by atoms with Gasteiger partial charge >= 0.3 is 39.5 Å². The maximum absolute atomic E-state index is 13.1. The van der Waals surface area contributed by atoms with E-state index in [-0.39, 0.29) is 25.7 Å². The predicted molar refractivity (Wildman–Crippen MR) is 400 cm³/mol. The Hall–Kier alpha value is -2.98. The number of phosphoric ester groups is 2. The number of aliphatic hydroxyl groups excluding tert-OH is 1. The topological polar surface area (TPSA) is 237 Å². The van der Waals surface area contributed by atoms with Crippen LogP contribution < -0.4 is 0 Å². The number of hydrogen-bond acceptors (Lipinski definition) is 15. The maximum Gasteiger partial charge on any atom is 0.472 e. The molecule has 3 N–H and O–H groups in total. The van der Waals surface area contributed by atoms with E-state index < -0.39 is 97.5 Å². The maximum atomic E-state index is 13.1. The zero-order chi connectivity index (χ0) is 71.8. The number of hydrogen-bond donors (Lipinski definition) is 3. The van der Waals surface area contributed by atoms with Crippen LogP contribution in [0.25, 0.3) is 0 Å². The molecule has 0 heterocycles. The van der Waals surface area contributed by atoms with Crippen LogP contribution in [0.1, 0.15) is 374 Å². The molecule has 0 aromatic heterocycles. The van der Waals surface area contributed by atoms with Crippen LogP contribution in [-0.2, 0) is 65.4 Å². The van der Waals surface area contributed by atoms with E-state index >= 15 is 0 Å². The summed E-state index contributed by atoms with van der Waals surface area (Å²) < 4.78 is 68.6. The normalized spacial score (nSPS) is 14.2. The zero-order valence-corrected chi connectivity index (χ0v) is 64.5. The fraction of sp³-hybridized carbons (Fsp3) is 0.848. The first-order chi connectivity index (χ1) is 47.7. The minimum absolute atomic E-state index is 0.0868. The average Bonchev–Trinajstić information content (AvgIpc) is 1.04. The summed E-state index contributed by atoms with van der Waals surface area (Å²) in [7, 11) is -9.94. The van der Waals surface area contributed by atoms with Crippen molar-refractivity contribution in [2.75, 3.05) is 39.6 Å². The molecule has 5 atom stereocenters. The van der Waals surface area contributed by atoms with E-state index in [1.807, 2.05) is 0 Å². The molecule has 0 saturated heterocycles. The van der Waals surface area contributed by atoms with Crippen molar-refractivity contribution in [1.29, 1.82) is 0 Å². The van der Waals surface area contributed by atoms with E-state index in [2.05, 4.69) is 76.3 Å². The Balaban J connectivity index is 5.33. The molecule has 19 heteroatoms. The zero-order valence-electron chi connectivity index (χ0n) is 62.7. The SMILES string of the molecule is CCCCC/C=C\C/C=C\CCCCCCCC(=O)OCC(COP(=O)(O)OCC(O)COP(=O)(O)OCC(COC(=O)CCCCCCCCCCCCCCCCC)OC(=O)CCCCCCC/C=C\CCCCCC)OC(=O)CCCCCCC/C=C\CCCCCCCC. The van der Waals surface area contributed by atoms with Gasteiger partial charge in [0.25, 0.3) is 0 Å². The molecule has 0 rings (SSSR count). The smallest absolute Gasteiger partial charge is 0.462 e. The molecular formula is C79H146O17P2. The van der Waals surface area contributed by atoms with Gasteiger partial charge in [0, 0.05) is 25.7 Å². The molecule has 0 radical (unpaired) electrons. The van der Waals surface area contributed by atoms with Crippen LogP contribution in [0, 0.1) is 0 Å². The van der Waals surface area contributed by atoms with Crippen LogP contribution in [-0.4, -0.2) is 96.7 Å². The second-order valence-corrected chi connectivity index (χ2v) is 29.9. The molecule has 574 valence electrons. The number of rotatable bonds is 76. The van der Waals surface area contributed by atoms with Crippen molar-refractivity contribution >= 4 is 39.5 Å². The van der Waals surface area contributed by atoms with Gasteiger partial charge in [-0.25, -0.2) is 9.13 Å². The highest BCUT2D eigenvalue weighted by Gasteiger charge is 2.30. The second kappa shape index (κ2) is 72.4. The minimum Gasteiger partial charge on any atom is -0.462 e. The number of phosphoric acid groups is 2. The first-order valence-electron chi connectivity index (χ1n) is 39.9. The van der Waals surface area contributed by atoms with Gasteiger partial charge in [-0.2, -0.15) is 0 Å². The molecule has 0 amide bonds. The number of unbranched alkanes of at least 4 members (excludes halogenated alkanes) is 42. The quantitative estimate of drug-likeness (QED) is 0.0169. The lowest BCUT2D eigenvalue weighted by Gasteiger charge is -2.21. The Morgan fingerprint density at radius 3 is 0.796 bits per heavy atom. The van der Waals surface area contributed by atoms with Crippen LogP contribution in [0.3, 0.4) is 0 Å². The van der Waals surface area contributed by atoms with Crippen LogP contribution in [0.15, 0.2) is 48.6 Å². The van der Waals surface area contributed by atoms with Crippen LogP contribution in [0.2, 0.25) is 0 Å². The lowest BCUT2D eigenvalue weighted by Crippen LogP contribution is -2.30. The highest BCUT2D eigenvalue weighted by atomic mass is 31.2. The molecule has 0 aromatic rings. The summed E-state index contributed by atoms with van der Waals surface area (Å²) in [5.74, 6) is -2.17. The van der Waals surface area contributed by atoms with Crippen molar-refractivity contribution < 1.29 is 80.2 Å². The van der Waals surface area contributed by atoms with E-state index in [1.165, 1.54) is 154 Å². The van der Waals surface area contributed by atoms with Crippen molar-refractivity contribution in [3.05, 3.63) is 48.6 Å². The summed E-state index contributed by atoms with van der Waals surface area (Å²) in [6.45, 7) is 4.87. The summed E-state index contributed by atoms with van der Waals surface area (Å²) in [6.07, 6.45) is 69.4. The third-order valence-electron chi connectivity index (χ3n) is 17.3. The van der Waals surface area contributed by atoms with E-state index in [1.54, 1.807) is 0 Å². The Labute approximate surface area is 597 Å². The molecule has 0 aliphatic heterocycles. The summed E-state index contributed by atoms with van der Waals surface area (Å²) in [4.78, 5) is 72.9. The molecule has 98 heavy (non-hydrogen) atoms. The highest BCUT2D eigenvalue weighted by Crippen LogP contribution is 2.45. The first-order valence-corrected chi connectivity index (χ1v) is 42.9. The Bertz CT molecular complexity index is 2050. The molecule has 0 spiro atoms. The van der Waals surface area contributed by atoms with Crippen molar-refractivity contribution in [3.63, 3.8) is 0 Å². The van der Waals surface area contributed by atoms with Gasteiger partial charge in [-0.05, 0) is 109 Å². The Morgan fingerprint density at radius 2 is 0.500 bits per heavy atom. The van der Waals surface area contributed by atoms with Gasteiger partial charge in [0.1, 0.15) is 19.3 Å². The van der Waals surface area contributed by atoms with Gasteiger partial charge in [-0.1, -0.05) is 288 Å². The van der Waals surface area contributed by atoms with Crippen LogP contribution in [0.5, 0.6) is 0 Å². The first kappa shape index (κ1) is 95.0. The molecule has 0 fully saturated rings. The van der Waals surface area contributed by atoms with E-state index in [4.69, 9.17) is 37.0 Å². The van der Waals surface area contributed by atoms with Crippen molar-refractivity contribution in [2.45, 2.75) is 393 Å². The number of esters is 4. The number of carbonyl (C=O) groups is 4. The fourth-order valence-corrected chi connectivity index (χ4v) is 12.7. The fourth-order valence-electron chi connectivity index (χ4n) is 11.1. The third kappa shape index (κ3) is 71.4. The summed E-state index contributed by atoms with van der Waals surface area (Å²) in [6, 6.07) is 0. The van der Waals surface area contributed by atoms with E-state index in [0.29, 0.717) is 25.7 Å². The lowest BCUT2D eigenvalue weighted by atomic mass is 10.0. The number of carbonyl (C=O) groups excluding carboxylic acids is 4. The molecule has 0 bridgehead atoms. The molecule has 5 unspecified atom stereocenters. The molecule has 0 aliphatic carbocycles. The summed E-state index contributed by atoms with van der Waals surface area (Å²) in [5, 5.41) is 10.6. The number of ether oxygens (including phenoxy) is 4. The molecule has 17 nitrogen and oxygen atoms in total. The summed E-state index contributed by atoms with van der Waals surface area (Å²) in [5.41, 5.74) is 0. The van der Waals surface area contributed by atoms with Gasteiger partial charge in [0.05, 0.1) is 26.4 Å². The van der Waals surface area contributed by atoms with Gasteiger partial charge in [0.15, 0.2) is 12.2 Å². The Kier molecular flexibility index (Phi) is 70.2. The van der Waals surface area contributed by atoms with Crippen LogP contribution >= 0.6 is 15.6 Å². The van der Waals surface area contributed by atoms with Crippen LogP contribution in [0.4, 0.5) is 0 Å². The summed E-state index contributed by atoms with van der Waals surface area (Å²) >= 11 is 0. The largest absolute Gasteiger partial charge is 0.472 e. The predicted octanol–water partition coefficient (Wildman–Crippen LogP) is 22.9. The molecule has 0 saturated carbocycles. The van der Waals surface area contributed by atoms with Crippen molar-refractivity contribution in [1.82, 2.24) is 0 Å². The monoisotopic (exact) mass is 1430 g/mol. The molecule has 0 aliphatic rings. The average molecular weight is 1430 g/mol. The van der Waals surface area contributed by atoms with Gasteiger partial charge in [-0.3, -0.25) is 37.3 Å². The number of aliphatic hydroxyl groups is 1. The lowest BCUT2D eigenvalue weighted by molar-refractivity contribution is -0.161. The van der Waals surface area contributed by atoms with Crippen molar-refractivity contribution in [2.24, 2.45) is 0 Å². The standard InChI is InChI=1S/C79H146O17P2/c1-5-9-13-17-21-25-29-33-36-40-43-47-51-55-59-63-76(81)89-69-74(95-78(83)65-61-57-53-49-45-39-32-28-24-20-16-12-8-4)71-93-97(85,86)91-67-73(80)68-92-98(87,88)94-72-75(96-79(84)66-62-58-54-50-46-42-38-35-31-27-23-19-15-11-7-3)70-90-77(82)64-60-56-52-48-44-41-37-34-30-26-22-18-14-10-6-2/h22,26,28,32,34-35,37-38,73-75,80H,5-21,23-25,27,29-31,33,36,39-72H2,1-4H3,(H,85,86)(H,87,88)/b26-22-,32-28-,37-34-,38-35-. The molecular weight excluding hydrogens is 1280 g/mol. The third-order valence-corrected chi connectivity index (χ3v) is 19.2. The second-order valence-electron chi connectivity index (χ2n) is 27.0. The van der Waals surface area contributed by atoms with Crippen molar-refractivity contribution in [3.8, 4) is 0 Å². The molecule has 0 aromatic carbocycles. The van der Waals surface area contributed by atoms with Gasteiger partial charge in [-0.15, -0.1) is 0 Å². The van der Waals surface area contributed by atoms with E-state index in [9.17, 15) is 43.2 Å². The van der Waals surface area contributed by atoms with E-state index in [0.717, 1.165) is 141 Å². The number of allylic oxidation sites excluding steroid dienone is 8. The van der Waals surface area contributed by atoms with Gasteiger partial charge < -0.3 is 33.8 Å². The van der Waals surface area contributed by atoms with Gasteiger partial charge in [0.2, 0.25) is 0 Å².